The fraction of sp³-hybridized carbons (Fsp3) is 0. The standard InChI is InChI=1S/C14H10FN3O2S/c15-11-3-1-2-4-14(11)21(19,20)18-10-5-6-12-13(9-10)17-8-7-16-12/h1-9,18H. The van der Waals surface area contributed by atoms with Crippen molar-refractivity contribution in [1.82, 2.24) is 9.97 Å². The largest absolute Gasteiger partial charge is 0.279 e. The van der Waals surface area contributed by atoms with Gasteiger partial charge in [0.05, 0.1) is 16.7 Å². The van der Waals surface area contributed by atoms with Crippen molar-refractivity contribution in [2.75, 3.05) is 4.72 Å². The van der Waals surface area contributed by atoms with Crippen molar-refractivity contribution in [2.24, 2.45) is 0 Å². The maximum absolute atomic E-state index is 13.6. The topological polar surface area (TPSA) is 72.0 Å². The van der Waals surface area contributed by atoms with Gasteiger partial charge in [-0.15, -0.1) is 0 Å². The SMILES string of the molecule is O=S(=O)(Nc1ccc2nccnc2c1)c1ccccc1F. The molecular weight excluding hydrogens is 293 g/mol. The van der Waals surface area contributed by atoms with Crippen LogP contribution in [0, 0.1) is 5.82 Å². The molecule has 0 atom stereocenters. The number of fused-ring (bicyclic) bond motifs is 1. The van der Waals surface area contributed by atoms with Gasteiger partial charge in [0, 0.05) is 12.4 Å². The summed E-state index contributed by atoms with van der Waals surface area (Å²) < 4.78 is 40.3. The zero-order valence-corrected chi connectivity index (χ0v) is 11.5. The smallest absolute Gasteiger partial charge is 0.264 e. The average Bonchev–Trinajstić information content (AvgIpc) is 2.47. The van der Waals surface area contributed by atoms with E-state index >= 15 is 0 Å². The molecule has 0 bridgehead atoms. The molecule has 1 heterocycles. The van der Waals surface area contributed by atoms with E-state index < -0.39 is 20.7 Å². The van der Waals surface area contributed by atoms with Gasteiger partial charge in [0.1, 0.15) is 10.7 Å². The molecule has 0 saturated carbocycles. The first-order valence-electron chi connectivity index (χ1n) is 6.04. The number of nitrogens with one attached hydrogen (secondary N) is 1. The van der Waals surface area contributed by atoms with Crippen LogP contribution in [-0.4, -0.2) is 18.4 Å². The molecule has 0 amide bonds. The highest BCUT2D eigenvalue weighted by molar-refractivity contribution is 7.92. The Hall–Kier alpha value is -2.54. The van der Waals surface area contributed by atoms with Crippen LogP contribution in [0.3, 0.4) is 0 Å². The van der Waals surface area contributed by atoms with E-state index in [-0.39, 0.29) is 0 Å². The van der Waals surface area contributed by atoms with Gasteiger partial charge in [-0.1, -0.05) is 12.1 Å². The van der Waals surface area contributed by atoms with Crippen LogP contribution in [0.5, 0.6) is 0 Å². The van der Waals surface area contributed by atoms with E-state index in [1.807, 2.05) is 0 Å². The number of hydrogen-bond donors (Lipinski definition) is 1. The van der Waals surface area contributed by atoms with Gasteiger partial charge in [0.15, 0.2) is 0 Å². The summed E-state index contributed by atoms with van der Waals surface area (Å²) in [6.45, 7) is 0. The first kappa shape index (κ1) is 13.4. The lowest BCUT2D eigenvalue weighted by Gasteiger charge is -2.09. The average molecular weight is 303 g/mol. The van der Waals surface area contributed by atoms with E-state index in [0.29, 0.717) is 16.7 Å². The van der Waals surface area contributed by atoms with Crippen molar-refractivity contribution in [2.45, 2.75) is 4.90 Å². The molecule has 3 rings (SSSR count). The second-order valence-electron chi connectivity index (χ2n) is 4.30. The van der Waals surface area contributed by atoms with Crippen LogP contribution in [0.25, 0.3) is 11.0 Å². The Morgan fingerprint density at radius 1 is 0.952 bits per heavy atom. The third kappa shape index (κ3) is 2.68. The summed E-state index contributed by atoms with van der Waals surface area (Å²) in [4.78, 5) is 7.78. The number of aromatic nitrogens is 2. The third-order valence-electron chi connectivity index (χ3n) is 2.85. The number of hydrogen-bond acceptors (Lipinski definition) is 4. The highest BCUT2D eigenvalue weighted by Crippen LogP contribution is 2.20. The predicted molar refractivity (Wildman–Crippen MR) is 76.7 cm³/mol. The van der Waals surface area contributed by atoms with Crippen molar-refractivity contribution in [3.63, 3.8) is 0 Å². The van der Waals surface area contributed by atoms with E-state index in [1.165, 1.54) is 24.4 Å². The summed E-state index contributed by atoms with van der Waals surface area (Å²) in [5.74, 6) is -0.800. The van der Waals surface area contributed by atoms with Crippen molar-refractivity contribution in [1.29, 1.82) is 0 Å². The Morgan fingerprint density at radius 3 is 2.43 bits per heavy atom. The number of sulfonamides is 1. The number of benzene rings is 2. The molecule has 0 aliphatic rings. The minimum absolute atomic E-state index is 0.297. The Labute approximate surface area is 120 Å². The number of rotatable bonds is 3. The van der Waals surface area contributed by atoms with E-state index in [9.17, 15) is 12.8 Å². The summed E-state index contributed by atoms with van der Waals surface area (Å²) in [5, 5.41) is 0. The quantitative estimate of drug-likeness (QED) is 0.807. The van der Waals surface area contributed by atoms with Crippen molar-refractivity contribution >= 4 is 26.7 Å². The molecule has 0 fully saturated rings. The lowest BCUT2D eigenvalue weighted by atomic mass is 10.3. The summed E-state index contributed by atoms with van der Waals surface area (Å²) in [6, 6.07) is 9.93. The zero-order valence-electron chi connectivity index (χ0n) is 10.7. The van der Waals surface area contributed by atoms with Gasteiger partial charge >= 0.3 is 0 Å². The summed E-state index contributed by atoms with van der Waals surface area (Å²) >= 11 is 0. The van der Waals surface area contributed by atoms with E-state index in [0.717, 1.165) is 6.07 Å². The molecular formula is C14H10FN3O2S. The predicted octanol–water partition coefficient (Wildman–Crippen LogP) is 2.57. The molecule has 21 heavy (non-hydrogen) atoms. The molecule has 5 nitrogen and oxygen atoms in total. The molecule has 106 valence electrons. The number of anilines is 1. The number of nitrogens with zero attached hydrogens (tertiary/aromatic N) is 2. The molecule has 0 saturated heterocycles. The van der Waals surface area contributed by atoms with Crippen LogP contribution in [0.4, 0.5) is 10.1 Å². The van der Waals surface area contributed by atoms with Crippen LogP contribution in [0.15, 0.2) is 59.8 Å². The summed E-state index contributed by atoms with van der Waals surface area (Å²) in [7, 11) is -3.99. The third-order valence-corrected chi connectivity index (χ3v) is 4.26. The molecule has 0 radical (unpaired) electrons. The first-order valence-corrected chi connectivity index (χ1v) is 7.53. The highest BCUT2D eigenvalue weighted by atomic mass is 32.2. The molecule has 2 aromatic carbocycles. The van der Waals surface area contributed by atoms with Gasteiger partial charge in [0.25, 0.3) is 10.0 Å². The molecule has 1 N–H and O–H groups in total. The van der Waals surface area contributed by atoms with Crippen molar-refractivity contribution in [3.05, 3.63) is 60.7 Å². The van der Waals surface area contributed by atoms with Gasteiger partial charge in [-0.2, -0.15) is 0 Å². The van der Waals surface area contributed by atoms with Gasteiger partial charge in [-0.3, -0.25) is 14.7 Å². The van der Waals surface area contributed by atoms with Gasteiger partial charge < -0.3 is 0 Å². The lowest BCUT2D eigenvalue weighted by molar-refractivity contribution is 0.570. The summed E-state index contributed by atoms with van der Waals surface area (Å²) in [6.07, 6.45) is 3.06. The van der Waals surface area contributed by atoms with E-state index in [2.05, 4.69) is 14.7 Å². The van der Waals surface area contributed by atoms with Crippen LogP contribution >= 0.6 is 0 Å². The molecule has 0 aliphatic carbocycles. The fourth-order valence-corrected chi connectivity index (χ4v) is 3.03. The lowest BCUT2D eigenvalue weighted by Crippen LogP contribution is -2.14. The van der Waals surface area contributed by atoms with Crippen molar-refractivity contribution < 1.29 is 12.8 Å². The molecule has 7 heteroatoms. The second-order valence-corrected chi connectivity index (χ2v) is 5.95. The van der Waals surface area contributed by atoms with Crippen LogP contribution in [0.1, 0.15) is 0 Å². The summed E-state index contributed by atoms with van der Waals surface area (Å²) in [5.41, 5.74) is 1.49. The first-order chi connectivity index (χ1) is 10.1. The van der Waals surface area contributed by atoms with Gasteiger partial charge in [0.2, 0.25) is 0 Å². The molecule has 0 unspecified atom stereocenters. The van der Waals surface area contributed by atoms with E-state index in [4.69, 9.17) is 0 Å². The van der Waals surface area contributed by atoms with Crippen LogP contribution < -0.4 is 4.72 Å². The Bertz CT molecular complexity index is 913. The van der Waals surface area contributed by atoms with E-state index in [1.54, 1.807) is 24.4 Å². The highest BCUT2D eigenvalue weighted by Gasteiger charge is 2.18. The second kappa shape index (κ2) is 5.10. The van der Waals surface area contributed by atoms with Crippen molar-refractivity contribution in [3.8, 4) is 0 Å². The Balaban J connectivity index is 1.99. The van der Waals surface area contributed by atoms with Gasteiger partial charge in [-0.05, 0) is 30.3 Å². The maximum atomic E-state index is 13.6. The molecule has 0 spiro atoms. The van der Waals surface area contributed by atoms with Gasteiger partial charge in [-0.25, -0.2) is 12.8 Å². The number of halogens is 1. The molecule has 0 aliphatic heterocycles. The fourth-order valence-electron chi connectivity index (χ4n) is 1.90. The Morgan fingerprint density at radius 2 is 1.67 bits per heavy atom. The minimum atomic E-state index is -3.99. The minimum Gasteiger partial charge on any atom is -0.279 e. The molecule has 1 aromatic heterocycles. The monoisotopic (exact) mass is 303 g/mol. The normalized spacial score (nSPS) is 11.5. The Kier molecular flexibility index (Phi) is 3.26. The van der Waals surface area contributed by atoms with Crippen LogP contribution in [0.2, 0.25) is 0 Å². The maximum Gasteiger partial charge on any atom is 0.264 e. The zero-order chi connectivity index (χ0) is 14.9. The molecule has 3 aromatic rings. The van der Waals surface area contributed by atoms with Crippen LogP contribution in [-0.2, 0) is 10.0 Å².